The van der Waals surface area contributed by atoms with E-state index >= 15 is 0 Å². The van der Waals surface area contributed by atoms with E-state index in [2.05, 4.69) is 29.0 Å². The lowest BCUT2D eigenvalue weighted by molar-refractivity contribution is -0.134. The molecule has 0 bridgehead atoms. The average molecular weight is 290 g/mol. The van der Waals surface area contributed by atoms with Gasteiger partial charge in [-0.1, -0.05) is 6.07 Å². The van der Waals surface area contributed by atoms with E-state index in [-0.39, 0.29) is 11.9 Å². The van der Waals surface area contributed by atoms with Gasteiger partial charge in [0.2, 0.25) is 5.91 Å². The van der Waals surface area contributed by atoms with Crippen LogP contribution in [0.5, 0.6) is 0 Å². The van der Waals surface area contributed by atoms with Gasteiger partial charge in [-0.2, -0.15) is 0 Å². The first kappa shape index (κ1) is 15.9. The second-order valence-corrected chi connectivity index (χ2v) is 5.82. The van der Waals surface area contributed by atoms with Gasteiger partial charge in [0.05, 0.1) is 18.8 Å². The highest BCUT2D eigenvalue weighted by Crippen LogP contribution is 2.08. The molecule has 1 aliphatic rings. The summed E-state index contributed by atoms with van der Waals surface area (Å²) in [7, 11) is 0. The second kappa shape index (κ2) is 8.10. The van der Waals surface area contributed by atoms with Gasteiger partial charge in [-0.25, -0.2) is 0 Å². The van der Waals surface area contributed by atoms with Gasteiger partial charge in [0.25, 0.3) is 0 Å². The normalized spacial score (nSPS) is 16.7. The molecule has 1 aromatic rings. The Balaban J connectivity index is 1.95. The fourth-order valence-corrected chi connectivity index (χ4v) is 2.57. The smallest absolute Gasteiger partial charge is 0.237 e. The molecule has 2 rings (SSSR count). The van der Waals surface area contributed by atoms with Crippen molar-refractivity contribution in [3.05, 3.63) is 30.1 Å². The molecular formula is C16H26N4O. The zero-order valence-corrected chi connectivity index (χ0v) is 13.1. The van der Waals surface area contributed by atoms with Crippen LogP contribution in [0.15, 0.2) is 24.4 Å². The number of aromatic nitrogens is 1. The standard InChI is InChI=1S/C16H26N4O/c1-14(2)20(12-15-6-3-4-8-18-15)16(21)13-19-10-5-7-17-9-11-19/h3-4,6,8,14,17H,5,7,9-13H2,1-2H3. The first-order chi connectivity index (χ1) is 10.2. The highest BCUT2D eigenvalue weighted by atomic mass is 16.2. The molecule has 1 saturated heterocycles. The molecule has 1 N–H and O–H groups in total. The zero-order valence-electron chi connectivity index (χ0n) is 13.1. The number of pyridine rings is 1. The van der Waals surface area contributed by atoms with Crippen LogP contribution in [0.3, 0.4) is 0 Å². The third-order valence-corrected chi connectivity index (χ3v) is 3.79. The van der Waals surface area contributed by atoms with Crippen LogP contribution in [-0.2, 0) is 11.3 Å². The molecule has 1 aliphatic heterocycles. The summed E-state index contributed by atoms with van der Waals surface area (Å²) in [5.74, 6) is 0.192. The average Bonchev–Trinajstić information content (AvgIpc) is 2.74. The Labute approximate surface area is 127 Å². The topological polar surface area (TPSA) is 48.5 Å². The van der Waals surface area contributed by atoms with Crippen molar-refractivity contribution in [1.29, 1.82) is 0 Å². The quantitative estimate of drug-likeness (QED) is 0.883. The van der Waals surface area contributed by atoms with Crippen LogP contribution in [0.1, 0.15) is 26.0 Å². The summed E-state index contributed by atoms with van der Waals surface area (Å²) in [6, 6.07) is 6.02. The molecule has 5 nitrogen and oxygen atoms in total. The van der Waals surface area contributed by atoms with Gasteiger partial charge in [0.1, 0.15) is 0 Å². The molecule has 1 fully saturated rings. The molecule has 5 heteroatoms. The molecule has 0 radical (unpaired) electrons. The number of hydrogen-bond acceptors (Lipinski definition) is 4. The number of hydrogen-bond donors (Lipinski definition) is 1. The molecule has 116 valence electrons. The van der Waals surface area contributed by atoms with E-state index in [9.17, 15) is 4.79 Å². The summed E-state index contributed by atoms with van der Waals surface area (Å²) in [5.41, 5.74) is 0.942. The highest BCUT2D eigenvalue weighted by molar-refractivity contribution is 5.78. The maximum atomic E-state index is 12.6. The van der Waals surface area contributed by atoms with E-state index in [4.69, 9.17) is 0 Å². The van der Waals surface area contributed by atoms with Gasteiger partial charge >= 0.3 is 0 Å². The monoisotopic (exact) mass is 290 g/mol. The second-order valence-electron chi connectivity index (χ2n) is 5.82. The summed E-state index contributed by atoms with van der Waals surface area (Å²) >= 11 is 0. The Morgan fingerprint density at radius 2 is 2.24 bits per heavy atom. The van der Waals surface area contributed by atoms with Gasteiger partial charge in [0.15, 0.2) is 0 Å². The van der Waals surface area contributed by atoms with Crippen molar-refractivity contribution in [2.45, 2.75) is 32.9 Å². The third kappa shape index (κ3) is 5.10. The molecule has 0 unspecified atom stereocenters. The number of amides is 1. The van der Waals surface area contributed by atoms with E-state index in [0.29, 0.717) is 13.1 Å². The molecule has 1 amide bonds. The molecule has 2 heterocycles. The highest BCUT2D eigenvalue weighted by Gasteiger charge is 2.21. The van der Waals surface area contributed by atoms with Crippen molar-refractivity contribution in [3.63, 3.8) is 0 Å². The Hall–Kier alpha value is -1.46. The van der Waals surface area contributed by atoms with Gasteiger partial charge < -0.3 is 10.2 Å². The van der Waals surface area contributed by atoms with E-state index in [1.54, 1.807) is 6.20 Å². The van der Waals surface area contributed by atoms with Crippen LogP contribution in [-0.4, -0.2) is 59.5 Å². The van der Waals surface area contributed by atoms with E-state index in [0.717, 1.165) is 38.3 Å². The summed E-state index contributed by atoms with van der Waals surface area (Å²) in [5, 5.41) is 3.37. The molecule has 0 aliphatic carbocycles. The number of carbonyl (C=O) groups excluding carboxylic acids is 1. The SMILES string of the molecule is CC(C)N(Cc1ccccn1)C(=O)CN1CCCNCC1. The minimum atomic E-state index is 0.185. The number of carbonyl (C=O) groups is 1. The Morgan fingerprint density at radius 1 is 1.38 bits per heavy atom. The number of nitrogens with zero attached hydrogens (tertiary/aromatic N) is 3. The van der Waals surface area contributed by atoms with Crippen molar-refractivity contribution < 1.29 is 4.79 Å². The molecule has 0 aromatic carbocycles. The summed E-state index contributed by atoms with van der Waals surface area (Å²) < 4.78 is 0. The van der Waals surface area contributed by atoms with Gasteiger partial charge in [-0.3, -0.25) is 14.7 Å². The lowest BCUT2D eigenvalue weighted by Gasteiger charge is -2.29. The Bertz CT molecular complexity index is 427. The molecule has 0 atom stereocenters. The Kier molecular flexibility index (Phi) is 6.14. The van der Waals surface area contributed by atoms with Crippen molar-refractivity contribution in [2.75, 3.05) is 32.7 Å². The van der Waals surface area contributed by atoms with Crippen molar-refractivity contribution >= 4 is 5.91 Å². The number of nitrogens with one attached hydrogen (secondary N) is 1. The Morgan fingerprint density at radius 3 is 2.95 bits per heavy atom. The lowest BCUT2D eigenvalue weighted by atomic mass is 10.2. The summed E-state index contributed by atoms with van der Waals surface area (Å²) in [4.78, 5) is 21.1. The van der Waals surface area contributed by atoms with Crippen molar-refractivity contribution in [2.24, 2.45) is 0 Å². The fraction of sp³-hybridized carbons (Fsp3) is 0.625. The first-order valence-electron chi connectivity index (χ1n) is 7.79. The van der Waals surface area contributed by atoms with E-state index in [1.807, 2.05) is 23.1 Å². The lowest BCUT2D eigenvalue weighted by Crippen LogP contribution is -2.44. The maximum absolute atomic E-state index is 12.6. The first-order valence-corrected chi connectivity index (χ1v) is 7.79. The summed E-state index contributed by atoms with van der Waals surface area (Å²) in [6.45, 7) is 9.17. The van der Waals surface area contributed by atoms with Crippen molar-refractivity contribution in [1.82, 2.24) is 20.1 Å². The number of rotatable bonds is 5. The van der Waals surface area contributed by atoms with Crippen molar-refractivity contribution in [3.8, 4) is 0 Å². The molecule has 21 heavy (non-hydrogen) atoms. The molecule has 0 saturated carbocycles. The fourth-order valence-electron chi connectivity index (χ4n) is 2.57. The predicted molar refractivity (Wildman–Crippen MR) is 83.8 cm³/mol. The van der Waals surface area contributed by atoms with Crippen LogP contribution in [0, 0.1) is 0 Å². The summed E-state index contributed by atoms with van der Waals surface area (Å²) in [6.07, 6.45) is 2.88. The molecular weight excluding hydrogens is 264 g/mol. The van der Waals surface area contributed by atoms with Gasteiger partial charge in [-0.15, -0.1) is 0 Å². The largest absolute Gasteiger partial charge is 0.333 e. The van der Waals surface area contributed by atoms with E-state index in [1.165, 1.54) is 0 Å². The van der Waals surface area contributed by atoms with Crippen LogP contribution in [0.2, 0.25) is 0 Å². The van der Waals surface area contributed by atoms with E-state index < -0.39 is 0 Å². The zero-order chi connectivity index (χ0) is 15.1. The van der Waals surface area contributed by atoms with Crippen LogP contribution >= 0.6 is 0 Å². The van der Waals surface area contributed by atoms with Crippen LogP contribution < -0.4 is 5.32 Å². The van der Waals surface area contributed by atoms with Crippen LogP contribution in [0.4, 0.5) is 0 Å². The molecule has 0 spiro atoms. The minimum absolute atomic E-state index is 0.185. The van der Waals surface area contributed by atoms with Gasteiger partial charge in [-0.05, 0) is 45.5 Å². The minimum Gasteiger partial charge on any atom is -0.333 e. The predicted octanol–water partition coefficient (Wildman–Crippen LogP) is 1.11. The third-order valence-electron chi connectivity index (χ3n) is 3.79. The molecule has 1 aromatic heterocycles. The van der Waals surface area contributed by atoms with Gasteiger partial charge in [0, 0.05) is 25.3 Å². The maximum Gasteiger partial charge on any atom is 0.237 e. The van der Waals surface area contributed by atoms with Crippen LogP contribution in [0.25, 0.3) is 0 Å².